The van der Waals surface area contributed by atoms with Crippen molar-refractivity contribution in [1.29, 1.82) is 0 Å². The number of nitrogens with one attached hydrogen (secondary N) is 2. The Labute approximate surface area is 209 Å². The Morgan fingerprint density at radius 3 is 2.56 bits per heavy atom. The molecule has 174 valence electrons. The smallest absolute Gasteiger partial charge is 0.163 e. The number of anilines is 2. The summed E-state index contributed by atoms with van der Waals surface area (Å²) in [5.41, 5.74) is 4.45. The maximum Gasteiger partial charge on any atom is 0.163 e. The molecule has 0 aromatic heterocycles. The fourth-order valence-electron chi connectivity index (χ4n) is 4.76. The molecule has 0 radical (unpaired) electrons. The summed E-state index contributed by atoms with van der Waals surface area (Å²) >= 11 is 8.28. The minimum Gasteiger partial charge on any atom is -0.496 e. The quantitative estimate of drug-likeness (QED) is 0.392. The predicted molar refractivity (Wildman–Crippen MR) is 140 cm³/mol. The lowest BCUT2D eigenvalue weighted by molar-refractivity contribution is -0.118. The standard InChI is InChI=1S/C28H27ClN2O2S/c1-28(2)15-22-26(23(32)16-28)27(18-8-4-5-9-19(18)29)31-21-14-17(12-13-20(21)30-22)34-25-11-7-6-10-24(25)33-3/h4-14,27,30-31H,15-16H2,1-3H3. The van der Waals surface area contributed by atoms with Gasteiger partial charge in [-0.1, -0.05) is 67.5 Å². The number of ketones is 1. The fourth-order valence-corrected chi connectivity index (χ4v) is 5.97. The van der Waals surface area contributed by atoms with Crippen LogP contribution in [-0.2, 0) is 4.79 Å². The van der Waals surface area contributed by atoms with Crippen LogP contribution in [0.15, 0.2) is 87.8 Å². The number of carbonyl (C=O) groups is 1. The molecule has 1 heterocycles. The SMILES string of the molecule is COc1ccccc1Sc1ccc2c(c1)NC(c1ccccc1Cl)C1=C(CC(C)(C)CC1=O)N2. The van der Waals surface area contributed by atoms with E-state index in [4.69, 9.17) is 16.3 Å². The Kier molecular flexibility index (Phi) is 6.09. The average molecular weight is 491 g/mol. The third-order valence-electron chi connectivity index (χ3n) is 6.30. The fraction of sp³-hybridized carbons (Fsp3) is 0.250. The van der Waals surface area contributed by atoms with Gasteiger partial charge in [-0.15, -0.1) is 0 Å². The summed E-state index contributed by atoms with van der Waals surface area (Å²) in [5, 5.41) is 7.90. The van der Waals surface area contributed by atoms with Crippen LogP contribution in [0.4, 0.5) is 11.4 Å². The second kappa shape index (κ2) is 9.05. The number of Topliss-reactive ketones (excluding diaryl/α,β-unsaturated/α-hetero) is 1. The van der Waals surface area contributed by atoms with Crippen LogP contribution < -0.4 is 15.4 Å². The van der Waals surface area contributed by atoms with Gasteiger partial charge in [-0.25, -0.2) is 0 Å². The minimum absolute atomic E-state index is 0.0991. The number of hydrogen-bond acceptors (Lipinski definition) is 5. The van der Waals surface area contributed by atoms with Gasteiger partial charge in [0, 0.05) is 27.6 Å². The van der Waals surface area contributed by atoms with Crippen molar-refractivity contribution < 1.29 is 9.53 Å². The highest BCUT2D eigenvalue weighted by Gasteiger charge is 2.39. The Morgan fingerprint density at radius 1 is 1.00 bits per heavy atom. The molecular formula is C28H27ClN2O2S. The molecule has 1 aliphatic carbocycles. The van der Waals surface area contributed by atoms with Crippen LogP contribution in [0.5, 0.6) is 5.75 Å². The number of methoxy groups -OCH3 is 1. The first-order chi connectivity index (χ1) is 16.3. The second-order valence-corrected chi connectivity index (χ2v) is 11.0. The van der Waals surface area contributed by atoms with Crippen molar-refractivity contribution in [3.8, 4) is 5.75 Å². The lowest BCUT2D eigenvalue weighted by Crippen LogP contribution is -2.31. The van der Waals surface area contributed by atoms with E-state index in [2.05, 4.69) is 48.7 Å². The summed E-state index contributed by atoms with van der Waals surface area (Å²) in [5.74, 6) is 1.00. The molecule has 5 rings (SSSR count). The lowest BCUT2D eigenvalue weighted by Gasteiger charge is -2.34. The number of carbonyl (C=O) groups excluding carboxylic acids is 1. The van der Waals surface area contributed by atoms with Gasteiger partial charge in [-0.3, -0.25) is 4.79 Å². The summed E-state index contributed by atoms with van der Waals surface area (Å²) in [6, 6.07) is 21.7. The third-order valence-corrected chi connectivity index (χ3v) is 7.69. The van der Waals surface area contributed by atoms with E-state index in [0.29, 0.717) is 11.4 Å². The second-order valence-electron chi connectivity index (χ2n) is 9.52. The van der Waals surface area contributed by atoms with Crippen molar-refractivity contribution in [1.82, 2.24) is 0 Å². The summed E-state index contributed by atoms with van der Waals surface area (Å²) in [6.45, 7) is 4.29. The minimum atomic E-state index is -0.326. The maximum absolute atomic E-state index is 13.4. The van der Waals surface area contributed by atoms with Gasteiger partial charge in [0.25, 0.3) is 0 Å². The van der Waals surface area contributed by atoms with Crippen LogP contribution in [0.3, 0.4) is 0 Å². The van der Waals surface area contributed by atoms with E-state index in [1.807, 2.05) is 42.5 Å². The maximum atomic E-state index is 13.4. The molecule has 1 unspecified atom stereocenters. The van der Waals surface area contributed by atoms with E-state index in [0.717, 1.165) is 50.2 Å². The van der Waals surface area contributed by atoms with Gasteiger partial charge < -0.3 is 15.4 Å². The van der Waals surface area contributed by atoms with Gasteiger partial charge in [0.15, 0.2) is 5.78 Å². The van der Waals surface area contributed by atoms with Gasteiger partial charge in [0.2, 0.25) is 0 Å². The van der Waals surface area contributed by atoms with Gasteiger partial charge >= 0.3 is 0 Å². The van der Waals surface area contributed by atoms with Crippen molar-refractivity contribution in [3.63, 3.8) is 0 Å². The van der Waals surface area contributed by atoms with Crippen molar-refractivity contribution in [2.24, 2.45) is 5.41 Å². The summed E-state index contributed by atoms with van der Waals surface area (Å²) in [7, 11) is 1.69. The number of para-hydroxylation sites is 1. The highest BCUT2D eigenvalue weighted by molar-refractivity contribution is 7.99. The van der Waals surface area contributed by atoms with Crippen LogP contribution in [0.2, 0.25) is 5.02 Å². The number of allylic oxidation sites excluding steroid dienone is 1. The van der Waals surface area contributed by atoms with Crippen molar-refractivity contribution in [2.45, 2.75) is 42.5 Å². The number of rotatable bonds is 4. The molecule has 1 atom stereocenters. The molecule has 0 amide bonds. The normalized spacial score (nSPS) is 18.8. The molecule has 2 N–H and O–H groups in total. The summed E-state index contributed by atoms with van der Waals surface area (Å²) < 4.78 is 5.53. The molecule has 1 aliphatic heterocycles. The molecule has 2 aliphatic rings. The molecule has 0 saturated carbocycles. The number of halogens is 1. The summed E-state index contributed by atoms with van der Waals surface area (Å²) in [6.07, 6.45) is 1.31. The van der Waals surface area contributed by atoms with Gasteiger partial charge in [-0.05, 0) is 53.8 Å². The van der Waals surface area contributed by atoms with E-state index >= 15 is 0 Å². The van der Waals surface area contributed by atoms with Gasteiger partial charge in [-0.2, -0.15) is 0 Å². The molecule has 6 heteroatoms. The number of benzene rings is 3. The molecule has 3 aromatic rings. The van der Waals surface area contributed by atoms with Crippen LogP contribution in [0.1, 0.15) is 38.3 Å². The molecular weight excluding hydrogens is 464 g/mol. The largest absolute Gasteiger partial charge is 0.496 e. The Balaban J connectivity index is 1.58. The van der Waals surface area contributed by atoms with E-state index in [1.165, 1.54) is 0 Å². The zero-order valence-electron chi connectivity index (χ0n) is 19.4. The van der Waals surface area contributed by atoms with Crippen LogP contribution in [-0.4, -0.2) is 12.9 Å². The van der Waals surface area contributed by atoms with Crippen molar-refractivity contribution in [3.05, 3.63) is 88.6 Å². The predicted octanol–water partition coefficient (Wildman–Crippen LogP) is 7.72. The van der Waals surface area contributed by atoms with Crippen LogP contribution >= 0.6 is 23.4 Å². The first kappa shape index (κ1) is 22.9. The first-order valence-corrected chi connectivity index (χ1v) is 12.5. The van der Waals surface area contributed by atoms with Crippen molar-refractivity contribution in [2.75, 3.05) is 17.7 Å². The molecule has 0 saturated heterocycles. The van der Waals surface area contributed by atoms with Gasteiger partial charge in [0.1, 0.15) is 5.75 Å². The summed E-state index contributed by atoms with van der Waals surface area (Å²) in [4.78, 5) is 15.5. The molecule has 0 fully saturated rings. The van der Waals surface area contributed by atoms with Crippen LogP contribution in [0.25, 0.3) is 0 Å². The Bertz CT molecular complexity index is 1300. The molecule has 4 nitrogen and oxygen atoms in total. The topological polar surface area (TPSA) is 50.4 Å². The van der Waals surface area contributed by atoms with Crippen molar-refractivity contribution >= 4 is 40.5 Å². The zero-order chi connectivity index (χ0) is 23.9. The number of hydrogen-bond donors (Lipinski definition) is 2. The molecule has 0 spiro atoms. The molecule has 3 aromatic carbocycles. The zero-order valence-corrected chi connectivity index (χ0v) is 21.0. The molecule has 0 bridgehead atoms. The Morgan fingerprint density at radius 2 is 1.76 bits per heavy atom. The van der Waals surface area contributed by atoms with E-state index < -0.39 is 0 Å². The Hall–Kier alpha value is -2.89. The third kappa shape index (κ3) is 4.42. The molecule has 34 heavy (non-hydrogen) atoms. The monoisotopic (exact) mass is 490 g/mol. The van der Waals surface area contributed by atoms with Crippen LogP contribution in [0, 0.1) is 5.41 Å². The lowest BCUT2D eigenvalue weighted by atomic mass is 9.73. The van der Waals surface area contributed by atoms with Gasteiger partial charge in [0.05, 0.1) is 29.4 Å². The van der Waals surface area contributed by atoms with E-state index in [9.17, 15) is 4.79 Å². The average Bonchev–Trinajstić information content (AvgIpc) is 2.95. The highest BCUT2D eigenvalue weighted by Crippen LogP contribution is 2.47. The first-order valence-electron chi connectivity index (χ1n) is 11.3. The van der Waals surface area contributed by atoms with E-state index in [1.54, 1.807) is 18.9 Å². The highest BCUT2D eigenvalue weighted by atomic mass is 35.5. The number of ether oxygens (including phenoxy) is 1. The number of fused-ring (bicyclic) bond motifs is 1. The van der Waals surface area contributed by atoms with E-state index in [-0.39, 0.29) is 17.2 Å².